The molecule has 4 atom stereocenters. The van der Waals surface area contributed by atoms with E-state index in [1.165, 1.54) is 12.1 Å². The van der Waals surface area contributed by atoms with Crippen molar-refractivity contribution in [3.8, 4) is 0 Å². The summed E-state index contributed by atoms with van der Waals surface area (Å²) in [5.74, 6) is -6.38. The van der Waals surface area contributed by atoms with Gasteiger partial charge in [-0.1, -0.05) is 30.3 Å². The number of aliphatic carboxylic acids is 1. The Labute approximate surface area is 150 Å². The fourth-order valence-corrected chi connectivity index (χ4v) is 4.03. The van der Waals surface area contributed by atoms with E-state index in [4.69, 9.17) is 9.84 Å². The number of rotatable bonds is 5. The first-order valence-electron chi connectivity index (χ1n) is 8.82. The fourth-order valence-electron chi connectivity index (χ4n) is 4.03. The Morgan fingerprint density at radius 2 is 1.85 bits per heavy atom. The molecular formula is C19H22F2O5. The first-order valence-corrected chi connectivity index (χ1v) is 8.82. The van der Waals surface area contributed by atoms with Crippen molar-refractivity contribution < 1.29 is 33.3 Å². The zero-order valence-electron chi connectivity index (χ0n) is 14.2. The maximum Gasteiger partial charge on any atom is 0.343 e. The summed E-state index contributed by atoms with van der Waals surface area (Å²) in [5.41, 5.74) is -1.94. The Kier molecular flexibility index (Phi) is 5.01. The van der Waals surface area contributed by atoms with E-state index in [2.05, 4.69) is 0 Å². The molecule has 142 valence electrons. The van der Waals surface area contributed by atoms with E-state index in [0.717, 1.165) is 0 Å². The number of carbonyl (C=O) groups is 2. The molecule has 0 aliphatic heterocycles. The SMILES string of the molecule is O=C(O)C1CCC(OC(=O)C(O)(c2ccccc2)C2CCC(F)(F)C2)C1. The van der Waals surface area contributed by atoms with Crippen molar-refractivity contribution in [1.29, 1.82) is 0 Å². The van der Waals surface area contributed by atoms with Crippen molar-refractivity contribution in [3.05, 3.63) is 35.9 Å². The van der Waals surface area contributed by atoms with Crippen LogP contribution in [0.3, 0.4) is 0 Å². The molecule has 0 bridgehead atoms. The topological polar surface area (TPSA) is 83.8 Å². The summed E-state index contributed by atoms with van der Waals surface area (Å²) in [6, 6.07) is 7.99. The van der Waals surface area contributed by atoms with Gasteiger partial charge in [0.05, 0.1) is 5.92 Å². The Balaban J connectivity index is 1.82. The third kappa shape index (κ3) is 3.58. The second kappa shape index (κ2) is 6.95. The highest BCUT2D eigenvalue weighted by Crippen LogP contribution is 2.48. The van der Waals surface area contributed by atoms with Crippen LogP contribution in [0.4, 0.5) is 8.78 Å². The number of ether oxygens (including phenoxy) is 1. The van der Waals surface area contributed by atoms with E-state index >= 15 is 0 Å². The van der Waals surface area contributed by atoms with E-state index in [1.54, 1.807) is 18.2 Å². The molecule has 5 nitrogen and oxygen atoms in total. The number of carbonyl (C=O) groups excluding carboxylic acids is 1. The zero-order valence-corrected chi connectivity index (χ0v) is 14.2. The maximum absolute atomic E-state index is 13.7. The van der Waals surface area contributed by atoms with Gasteiger partial charge in [0, 0.05) is 18.8 Å². The lowest BCUT2D eigenvalue weighted by molar-refractivity contribution is -0.180. The number of esters is 1. The van der Waals surface area contributed by atoms with Gasteiger partial charge in [0.1, 0.15) is 6.10 Å². The molecule has 2 saturated carbocycles. The molecule has 7 heteroatoms. The standard InChI is InChI=1S/C19H22F2O5/c20-18(21)9-8-14(11-18)19(25,13-4-2-1-3-5-13)17(24)26-15-7-6-12(10-15)16(22)23/h1-5,12,14-15,25H,6-11H2,(H,22,23). The third-order valence-corrected chi connectivity index (χ3v) is 5.53. The van der Waals surface area contributed by atoms with Gasteiger partial charge in [-0.2, -0.15) is 0 Å². The van der Waals surface area contributed by atoms with Gasteiger partial charge < -0.3 is 14.9 Å². The molecule has 2 aliphatic carbocycles. The Hall–Kier alpha value is -2.02. The van der Waals surface area contributed by atoms with Crippen molar-refractivity contribution in [1.82, 2.24) is 0 Å². The Morgan fingerprint density at radius 3 is 2.38 bits per heavy atom. The molecule has 0 amide bonds. The Morgan fingerprint density at radius 1 is 1.15 bits per heavy atom. The minimum atomic E-state index is -2.92. The molecule has 0 heterocycles. The zero-order chi connectivity index (χ0) is 18.9. The van der Waals surface area contributed by atoms with Crippen LogP contribution in [0.5, 0.6) is 0 Å². The minimum absolute atomic E-state index is 0.00983. The van der Waals surface area contributed by atoms with Crippen LogP contribution in [0.2, 0.25) is 0 Å². The monoisotopic (exact) mass is 368 g/mol. The molecule has 0 radical (unpaired) electrons. The van der Waals surface area contributed by atoms with Gasteiger partial charge in [0.2, 0.25) is 5.92 Å². The quantitative estimate of drug-likeness (QED) is 0.781. The second-order valence-electron chi connectivity index (χ2n) is 7.30. The summed E-state index contributed by atoms with van der Waals surface area (Å²) in [5, 5.41) is 20.3. The number of carboxylic acids is 1. The van der Waals surface area contributed by atoms with Crippen molar-refractivity contribution in [2.24, 2.45) is 11.8 Å². The van der Waals surface area contributed by atoms with E-state index in [-0.39, 0.29) is 24.8 Å². The van der Waals surface area contributed by atoms with Crippen LogP contribution in [0, 0.1) is 11.8 Å². The van der Waals surface area contributed by atoms with Gasteiger partial charge in [-0.3, -0.25) is 4.79 Å². The smallest absolute Gasteiger partial charge is 0.343 e. The second-order valence-corrected chi connectivity index (χ2v) is 7.30. The summed E-state index contributed by atoms with van der Waals surface area (Å²) in [6.07, 6.45) is -0.642. The highest BCUT2D eigenvalue weighted by atomic mass is 19.3. The summed E-state index contributed by atoms with van der Waals surface area (Å²) >= 11 is 0. The predicted octanol–water partition coefficient (Wildman–Crippen LogP) is 3.11. The van der Waals surface area contributed by atoms with Gasteiger partial charge >= 0.3 is 11.9 Å². The maximum atomic E-state index is 13.7. The van der Waals surface area contributed by atoms with E-state index < -0.39 is 47.8 Å². The van der Waals surface area contributed by atoms with Crippen LogP contribution >= 0.6 is 0 Å². The fraction of sp³-hybridized carbons (Fsp3) is 0.579. The number of halogens is 2. The largest absolute Gasteiger partial charge is 0.481 e. The summed E-state index contributed by atoms with van der Waals surface area (Å²) in [6.45, 7) is 0. The number of hydrogen-bond donors (Lipinski definition) is 2. The first kappa shape index (κ1) is 18.8. The van der Waals surface area contributed by atoms with Gasteiger partial charge in [0.15, 0.2) is 5.60 Å². The first-order chi connectivity index (χ1) is 12.2. The van der Waals surface area contributed by atoms with Crippen molar-refractivity contribution >= 4 is 11.9 Å². The van der Waals surface area contributed by atoms with E-state index in [1.807, 2.05) is 0 Å². The van der Waals surface area contributed by atoms with Crippen LogP contribution in [0.1, 0.15) is 44.1 Å². The highest BCUT2D eigenvalue weighted by Gasteiger charge is 2.55. The molecule has 3 rings (SSSR count). The van der Waals surface area contributed by atoms with E-state index in [9.17, 15) is 23.5 Å². The van der Waals surface area contributed by atoms with Crippen molar-refractivity contribution in [3.63, 3.8) is 0 Å². The molecule has 0 spiro atoms. The molecular weight excluding hydrogens is 346 g/mol. The molecule has 26 heavy (non-hydrogen) atoms. The van der Waals surface area contributed by atoms with Crippen LogP contribution < -0.4 is 0 Å². The lowest BCUT2D eigenvalue weighted by Gasteiger charge is -2.33. The van der Waals surface area contributed by atoms with Gasteiger partial charge in [-0.05, 0) is 31.2 Å². The van der Waals surface area contributed by atoms with Gasteiger partial charge in [0.25, 0.3) is 0 Å². The summed E-state index contributed by atoms with van der Waals surface area (Å²) in [4.78, 5) is 23.9. The molecule has 1 aromatic carbocycles. The van der Waals surface area contributed by atoms with Crippen LogP contribution in [-0.4, -0.2) is 34.2 Å². The van der Waals surface area contributed by atoms with Gasteiger partial charge in [-0.15, -0.1) is 0 Å². The van der Waals surface area contributed by atoms with Crippen LogP contribution in [-0.2, 0) is 19.9 Å². The van der Waals surface area contributed by atoms with E-state index in [0.29, 0.717) is 12.8 Å². The number of benzene rings is 1. The highest BCUT2D eigenvalue weighted by molar-refractivity contribution is 5.82. The molecule has 2 fully saturated rings. The molecule has 0 aromatic heterocycles. The van der Waals surface area contributed by atoms with Crippen molar-refractivity contribution in [2.75, 3.05) is 0 Å². The molecule has 2 aliphatic rings. The Bertz CT molecular complexity index is 678. The average Bonchev–Trinajstić information content (AvgIpc) is 3.21. The van der Waals surface area contributed by atoms with Crippen LogP contribution in [0.25, 0.3) is 0 Å². The average molecular weight is 368 g/mol. The normalized spacial score (nSPS) is 29.9. The number of hydrogen-bond acceptors (Lipinski definition) is 4. The predicted molar refractivity (Wildman–Crippen MR) is 87.5 cm³/mol. The molecule has 1 aromatic rings. The minimum Gasteiger partial charge on any atom is -0.481 e. The van der Waals surface area contributed by atoms with Crippen molar-refractivity contribution in [2.45, 2.75) is 56.2 Å². The van der Waals surface area contributed by atoms with Gasteiger partial charge in [-0.25, -0.2) is 13.6 Å². The summed E-state index contributed by atoms with van der Waals surface area (Å²) < 4.78 is 32.8. The summed E-state index contributed by atoms with van der Waals surface area (Å²) in [7, 11) is 0. The molecule has 0 saturated heterocycles. The number of alkyl halides is 2. The lowest BCUT2D eigenvalue weighted by atomic mass is 9.80. The van der Waals surface area contributed by atoms with Crippen LogP contribution in [0.15, 0.2) is 30.3 Å². The number of aliphatic hydroxyl groups is 1. The number of carboxylic acid groups (broad SMARTS) is 1. The lowest BCUT2D eigenvalue weighted by Crippen LogP contribution is -2.45. The third-order valence-electron chi connectivity index (χ3n) is 5.53. The molecule has 4 unspecified atom stereocenters. The molecule has 2 N–H and O–H groups in total.